The van der Waals surface area contributed by atoms with Gasteiger partial charge in [-0.25, -0.2) is 8.89 Å². The van der Waals surface area contributed by atoms with Crippen molar-refractivity contribution in [3.63, 3.8) is 0 Å². The van der Waals surface area contributed by atoms with Gasteiger partial charge in [0.05, 0.1) is 22.2 Å². The van der Waals surface area contributed by atoms with Crippen LogP contribution in [0.3, 0.4) is 0 Å². The molecular formula is C25H26N4O2S. The van der Waals surface area contributed by atoms with Crippen molar-refractivity contribution < 1.29 is 4.21 Å². The van der Waals surface area contributed by atoms with Gasteiger partial charge in [-0.2, -0.15) is 5.10 Å². The fourth-order valence-electron chi connectivity index (χ4n) is 3.72. The molecule has 0 bridgehead atoms. The molecule has 4 rings (SSSR count). The van der Waals surface area contributed by atoms with Crippen LogP contribution in [0, 0.1) is 0 Å². The maximum absolute atomic E-state index is 12.8. The minimum atomic E-state index is -1.20. The highest BCUT2D eigenvalue weighted by atomic mass is 32.2. The lowest BCUT2D eigenvalue weighted by atomic mass is 10.1. The number of benzene rings is 3. The number of hydrogen-bond acceptors (Lipinski definition) is 5. The highest BCUT2D eigenvalue weighted by Crippen LogP contribution is 2.24. The predicted molar refractivity (Wildman–Crippen MR) is 129 cm³/mol. The monoisotopic (exact) mass is 446 g/mol. The standard InChI is InChI=1S/C25H26N4O2S/c1-28(2)23(17-26-24-21-11-7-8-12-22(21)25(30)29(3)27-24)18-13-15-20(16-14-18)32(31)19-9-5-4-6-10-19/h4-16,23H,17H2,1-3H3,(H,26,27). The fraction of sp³-hybridized carbons (Fsp3) is 0.200. The van der Waals surface area contributed by atoms with E-state index in [0.717, 1.165) is 20.7 Å². The third kappa shape index (κ3) is 4.49. The van der Waals surface area contributed by atoms with Gasteiger partial charge in [-0.1, -0.05) is 48.5 Å². The van der Waals surface area contributed by atoms with Gasteiger partial charge in [0.2, 0.25) is 0 Å². The maximum Gasteiger partial charge on any atom is 0.274 e. The first-order valence-corrected chi connectivity index (χ1v) is 11.5. The summed E-state index contributed by atoms with van der Waals surface area (Å²) in [5.74, 6) is 0.677. The second-order valence-corrected chi connectivity index (χ2v) is 9.31. The van der Waals surface area contributed by atoms with E-state index in [-0.39, 0.29) is 11.6 Å². The first kappa shape index (κ1) is 21.9. The van der Waals surface area contributed by atoms with Crippen LogP contribution in [0.25, 0.3) is 10.8 Å². The maximum atomic E-state index is 12.8. The van der Waals surface area contributed by atoms with Crippen LogP contribution in [0.15, 0.2) is 93.4 Å². The Morgan fingerprint density at radius 1 is 0.906 bits per heavy atom. The van der Waals surface area contributed by atoms with Crippen LogP contribution >= 0.6 is 0 Å². The van der Waals surface area contributed by atoms with E-state index in [2.05, 4.69) is 15.3 Å². The number of aromatic nitrogens is 2. The molecule has 0 spiro atoms. The number of nitrogens with zero attached hydrogens (tertiary/aromatic N) is 3. The Morgan fingerprint density at radius 2 is 1.50 bits per heavy atom. The number of hydrogen-bond donors (Lipinski definition) is 1. The van der Waals surface area contributed by atoms with E-state index < -0.39 is 10.8 Å². The van der Waals surface area contributed by atoms with E-state index in [1.54, 1.807) is 7.05 Å². The number of nitrogens with one attached hydrogen (secondary N) is 1. The lowest BCUT2D eigenvalue weighted by molar-refractivity contribution is 0.311. The van der Waals surface area contributed by atoms with Gasteiger partial charge < -0.3 is 10.2 Å². The van der Waals surface area contributed by atoms with Crippen molar-refractivity contribution in [2.75, 3.05) is 26.0 Å². The Morgan fingerprint density at radius 3 is 2.16 bits per heavy atom. The summed E-state index contributed by atoms with van der Waals surface area (Å²) in [7, 11) is 4.50. The Labute approximate surface area is 190 Å². The highest BCUT2D eigenvalue weighted by Gasteiger charge is 2.17. The summed E-state index contributed by atoms with van der Waals surface area (Å²) < 4.78 is 14.2. The second kappa shape index (κ2) is 9.46. The molecule has 0 radical (unpaired) electrons. The molecule has 4 aromatic rings. The molecular weight excluding hydrogens is 420 g/mol. The Kier molecular flexibility index (Phi) is 6.48. The molecule has 0 saturated carbocycles. The van der Waals surface area contributed by atoms with Gasteiger partial charge in [-0.05, 0) is 50.0 Å². The van der Waals surface area contributed by atoms with E-state index in [4.69, 9.17) is 0 Å². The molecule has 0 saturated heterocycles. The summed E-state index contributed by atoms with van der Waals surface area (Å²) in [6.45, 7) is 0.601. The molecule has 164 valence electrons. The predicted octanol–water partition coefficient (Wildman–Crippen LogP) is 3.82. The number of anilines is 1. The van der Waals surface area contributed by atoms with Crippen molar-refractivity contribution in [1.29, 1.82) is 0 Å². The highest BCUT2D eigenvalue weighted by molar-refractivity contribution is 7.85. The minimum Gasteiger partial charge on any atom is -0.366 e. The van der Waals surface area contributed by atoms with Crippen molar-refractivity contribution in [3.05, 3.63) is 94.8 Å². The summed E-state index contributed by atoms with van der Waals surface area (Å²) in [5, 5.41) is 9.30. The number of fused-ring (bicyclic) bond motifs is 1. The zero-order valence-corrected chi connectivity index (χ0v) is 19.2. The largest absolute Gasteiger partial charge is 0.366 e. The number of rotatable bonds is 7. The van der Waals surface area contributed by atoms with Crippen molar-refractivity contribution in [2.45, 2.75) is 15.8 Å². The molecule has 0 aliphatic carbocycles. The lowest BCUT2D eigenvalue weighted by Gasteiger charge is -2.26. The normalized spacial score (nSPS) is 13.2. The Balaban J connectivity index is 1.56. The van der Waals surface area contributed by atoms with Crippen molar-refractivity contribution in [3.8, 4) is 0 Å². The molecule has 6 nitrogen and oxygen atoms in total. The van der Waals surface area contributed by atoms with Gasteiger partial charge in [-0.15, -0.1) is 0 Å². The molecule has 1 heterocycles. The average Bonchev–Trinajstić information content (AvgIpc) is 2.82. The molecule has 32 heavy (non-hydrogen) atoms. The van der Waals surface area contributed by atoms with E-state index in [1.165, 1.54) is 4.68 Å². The van der Waals surface area contributed by atoms with Crippen LogP contribution in [0.1, 0.15) is 11.6 Å². The molecule has 0 aliphatic rings. The molecule has 1 aromatic heterocycles. The van der Waals surface area contributed by atoms with Crippen LogP contribution in [0.5, 0.6) is 0 Å². The van der Waals surface area contributed by atoms with Crippen molar-refractivity contribution in [1.82, 2.24) is 14.7 Å². The van der Waals surface area contributed by atoms with Crippen molar-refractivity contribution in [2.24, 2.45) is 7.05 Å². The molecule has 0 amide bonds. The molecule has 7 heteroatoms. The SMILES string of the molecule is CN(C)C(CNc1nn(C)c(=O)c2ccccc12)c1ccc(S(=O)c2ccccc2)cc1. The zero-order valence-electron chi connectivity index (χ0n) is 18.4. The average molecular weight is 447 g/mol. The molecule has 2 atom stereocenters. The Hall–Kier alpha value is -3.29. The van der Waals surface area contributed by atoms with Gasteiger partial charge in [0.1, 0.15) is 0 Å². The second-order valence-electron chi connectivity index (χ2n) is 7.83. The molecule has 1 N–H and O–H groups in total. The van der Waals surface area contributed by atoms with Crippen LogP contribution in [-0.2, 0) is 17.8 Å². The first-order chi connectivity index (χ1) is 15.5. The van der Waals surface area contributed by atoms with Crippen LogP contribution in [-0.4, -0.2) is 39.5 Å². The summed E-state index contributed by atoms with van der Waals surface area (Å²) in [4.78, 5) is 16.1. The summed E-state index contributed by atoms with van der Waals surface area (Å²) >= 11 is 0. The lowest BCUT2D eigenvalue weighted by Crippen LogP contribution is -2.28. The minimum absolute atomic E-state index is 0.0620. The Bertz CT molecular complexity index is 1300. The van der Waals surface area contributed by atoms with E-state index >= 15 is 0 Å². The fourth-order valence-corrected chi connectivity index (χ4v) is 4.78. The zero-order chi connectivity index (χ0) is 22.7. The van der Waals surface area contributed by atoms with Crippen LogP contribution in [0.2, 0.25) is 0 Å². The topological polar surface area (TPSA) is 67.2 Å². The van der Waals surface area contributed by atoms with Gasteiger partial charge in [0.25, 0.3) is 5.56 Å². The molecule has 0 fully saturated rings. The van der Waals surface area contributed by atoms with E-state index in [1.807, 2.05) is 93.0 Å². The van der Waals surface area contributed by atoms with Gasteiger partial charge in [0.15, 0.2) is 5.82 Å². The smallest absolute Gasteiger partial charge is 0.274 e. The van der Waals surface area contributed by atoms with E-state index in [9.17, 15) is 9.00 Å². The van der Waals surface area contributed by atoms with Gasteiger partial charge in [0, 0.05) is 28.8 Å². The third-order valence-corrected chi connectivity index (χ3v) is 6.88. The first-order valence-electron chi connectivity index (χ1n) is 10.4. The molecule has 3 aromatic carbocycles. The van der Waals surface area contributed by atoms with E-state index in [0.29, 0.717) is 17.7 Å². The number of aryl methyl sites for hydroxylation is 1. The van der Waals surface area contributed by atoms with Gasteiger partial charge in [-0.3, -0.25) is 4.79 Å². The summed E-state index contributed by atoms with van der Waals surface area (Å²) in [6, 6.07) is 24.9. The van der Waals surface area contributed by atoms with Gasteiger partial charge >= 0.3 is 0 Å². The molecule has 2 unspecified atom stereocenters. The van der Waals surface area contributed by atoms with Crippen LogP contribution in [0.4, 0.5) is 5.82 Å². The summed E-state index contributed by atoms with van der Waals surface area (Å²) in [5.41, 5.74) is 0.989. The molecule has 0 aliphatic heterocycles. The third-order valence-electron chi connectivity index (χ3n) is 5.48. The van der Waals surface area contributed by atoms with Crippen LogP contribution < -0.4 is 10.9 Å². The number of likely N-dealkylation sites (N-methyl/N-ethyl adjacent to an activating group) is 1. The quantitative estimate of drug-likeness (QED) is 0.468. The van der Waals surface area contributed by atoms with Crippen molar-refractivity contribution >= 4 is 27.4 Å². The summed E-state index contributed by atoms with van der Waals surface area (Å²) in [6.07, 6.45) is 0.